The van der Waals surface area contributed by atoms with E-state index in [2.05, 4.69) is 51.5 Å². The summed E-state index contributed by atoms with van der Waals surface area (Å²) in [5, 5.41) is 10.7. The van der Waals surface area contributed by atoms with Gasteiger partial charge in [-0.25, -0.2) is 0 Å². The second-order valence-electron chi connectivity index (χ2n) is 7.93. The zero-order valence-electron chi connectivity index (χ0n) is 14.9. The van der Waals surface area contributed by atoms with Gasteiger partial charge in [-0.05, 0) is 40.7 Å². The molecule has 1 aromatic carbocycles. The average molecular weight is 310 g/mol. The molecule has 1 aromatic heterocycles. The molecule has 0 fully saturated rings. The van der Waals surface area contributed by atoms with Gasteiger partial charge >= 0.3 is 0 Å². The Morgan fingerprint density at radius 1 is 0.913 bits per heavy atom. The predicted molar refractivity (Wildman–Crippen MR) is 97.0 cm³/mol. The molecule has 0 aliphatic rings. The molecule has 0 aliphatic heterocycles. The van der Waals surface area contributed by atoms with Gasteiger partial charge < -0.3 is 5.11 Å². The summed E-state index contributed by atoms with van der Waals surface area (Å²) < 4.78 is 0. The normalized spacial score (nSPS) is 12.8. The minimum atomic E-state index is -0.134. The minimum Gasteiger partial charge on any atom is -0.507 e. The number of benzene rings is 1. The molecule has 3 heteroatoms. The van der Waals surface area contributed by atoms with Gasteiger partial charge in [0.05, 0.1) is 5.69 Å². The summed E-state index contributed by atoms with van der Waals surface area (Å²) in [6.45, 7) is 12.7. The van der Waals surface area contributed by atoms with Crippen LogP contribution in [-0.4, -0.2) is 16.3 Å². The number of pyridine rings is 1. The van der Waals surface area contributed by atoms with E-state index in [0.717, 1.165) is 22.4 Å². The van der Waals surface area contributed by atoms with E-state index in [4.69, 9.17) is 0 Å². The highest BCUT2D eigenvalue weighted by Gasteiger charge is 2.26. The van der Waals surface area contributed by atoms with Crippen molar-refractivity contribution >= 4 is 11.9 Å². The maximum atomic E-state index is 10.7. The smallest absolute Gasteiger partial charge is 0.123 e. The first-order chi connectivity index (χ1) is 10.6. The standard InChI is InChI=1S/C20H26N2O/c1-19(2,3)16-11-14(12-17(18(16)23)20(4,5)6)13-22-15-7-9-21-10-8-15/h7-13,23H,1-6H3. The first-order valence-electron chi connectivity index (χ1n) is 7.91. The lowest BCUT2D eigenvalue weighted by Crippen LogP contribution is -2.17. The van der Waals surface area contributed by atoms with Crippen molar-refractivity contribution in [2.45, 2.75) is 52.4 Å². The third-order valence-electron chi connectivity index (χ3n) is 3.77. The van der Waals surface area contributed by atoms with Crippen molar-refractivity contribution < 1.29 is 5.11 Å². The average Bonchev–Trinajstić information content (AvgIpc) is 2.44. The Kier molecular flexibility index (Phi) is 4.60. The van der Waals surface area contributed by atoms with E-state index in [0.29, 0.717) is 5.75 Å². The van der Waals surface area contributed by atoms with Crippen molar-refractivity contribution in [3.8, 4) is 5.75 Å². The Bertz CT molecular complexity index is 670. The highest BCUT2D eigenvalue weighted by Crippen LogP contribution is 2.39. The van der Waals surface area contributed by atoms with Crippen LogP contribution in [0.1, 0.15) is 58.2 Å². The molecule has 2 aromatic rings. The second-order valence-corrected chi connectivity index (χ2v) is 7.93. The molecule has 2 rings (SSSR count). The van der Waals surface area contributed by atoms with E-state index in [1.165, 1.54) is 0 Å². The molecule has 0 saturated heterocycles. The van der Waals surface area contributed by atoms with Crippen molar-refractivity contribution in [3.05, 3.63) is 53.3 Å². The predicted octanol–water partition coefficient (Wildman–Crippen LogP) is 5.13. The fourth-order valence-electron chi connectivity index (χ4n) is 2.45. The van der Waals surface area contributed by atoms with Crippen molar-refractivity contribution in [2.75, 3.05) is 0 Å². The van der Waals surface area contributed by atoms with Crippen molar-refractivity contribution in [1.82, 2.24) is 4.98 Å². The van der Waals surface area contributed by atoms with Crippen molar-refractivity contribution in [3.63, 3.8) is 0 Å². The van der Waals surface area contributed by atoms with Crippen molar-refractivity contribution in [1.29, 1.82) is 0 Å². The molecule has 1 heterocycles. The van der Waals surface area contributed by atoms with E-state index in [1.54, 1.807) is 12.4 Å². The summed E-state index contributed by atoms with van der Waals surface area (Å²) in [4.78, 5) is 8.50. The fourth-order valence-corrected chi connectivity index (χ4v) is 2.45. The van der Waals surface area contributed by atoms with E-state index < -0.39 is 0 Å². The van der Waals surface area contributed by atoms with E-state index >= 15 is 0 Å². The highest BCUT2D eigenvalue weighted by atomic mass is 16.3. The monoisotopic (exact) mass is 310 g/mol. The molecule has 23 heavy (non-hydrogen) atoms. The quantitative estimate of drug-likeness (QED) is 0.781. The number of phenols is 1. The maximum Gasteiger partial charge on any atom is 0.123 e. The van der Waals surface area contributed by atoms with Crippen LogP contribution >= 0.6 is 0 Å². The van der Waals surface area contributed by atoms with E-state index in [9.17, 15) is 5.11 Å². The fraction of sp³-hybridized carbons (Fsp3) is 0.400. The Morgan fingerprint density at radius 3 is 1.83 bits per heavy atom. The maximum absolute atomic E-state index is 10.7. The van der Waals surface area contributed by atoms with Crippen LogP contribution in [0.2, 0.25) is 0 Å². The van der Waals surface area contributed by atoms with Gasteiger partial charge in [0.15, 0.2) is 0 Å². The number of aromatic nitrogens is 1. The molecule has 1 N–H and O–H groups in total. The topological polar surface area (TPSA) is 45.5 Å². The number of rotatable bonds is 2. The molecule has 0 unspecified atom stereocenters. The van der Waals surface area contributed by atoms with Gasteiger partial charge in [-0.15, -0.1) is 0 Å². The van der Waals surface area contributed by atoms with Gasteiger partial charge in [-0.2, -0.15) is 0 Å². The summed E-state index contributed by atoms with van der Waals surface area (Å²) in [6.07, 6.45) is 5.30. The molecule has 0 atom stereocenters. The molecule has 0 spiro atoms. The lowest BCUT2D eigenvalue weighted by molar-refractivity contribution is 0.423. The molecular formula is C20H26N2O. The number of hydrogen-bond donors (Lipinski definition) is 1. The van der Waals surface area contributed by atoms with Gasteiger partial charge in [0.25, 0.3) is 0 Å². The van der Waals surface area contributed by atoms with Gasteiger partial charge in [0, 0.05) is 29.7 Å². The second kappa shape index (κ2) is 6.15. The zero-order chi connectivity index (χ0) is 17.3. The lowest BCUT2D eigenvalue weighted by Gasteiger charge is -2.27. The SMILES string of the molecule is CC(C)(C)c1cc(C=Nc2ccncc2)cc(C(C)(C)C)c1O. The number of aromatic hydroxyl groups is 1. The Hall–Kier alpha value is -2.16. The molecule has 0 radical (unpaired) electrons. The lowest BCUT2D eigenvalue weighted by atomic mass is 9.78. The highest BCUT2D eigenvalue weighted by molar-refractivity contribution is 5.83. The van der Waals surface area contributed by atoms with Crippen LogP contribution < -0.4 is 0 Å². The molecule has 0 bridgehead atoms. The Balaban J connectivity index is 2.54. The van der Waals surface area contributed by atoms with Crippen LogP contribution in [0.25, 0.3) is 0 Å². The number of phenolic OH excluding ortho intramolecular Hbond substituents is 1. The van der Waals surface area contributed by atoms with Gasteiger partial charge in [0.2, 0.25) is 0 Å². The summed E-state index contributed by atoms with van der Waals surface area (Å²) >= 11 is 0. The molecular weight excluding hydrogens is 284 g/mol. The molecule has 122 valence electrons. The third kappa shape index (κ3) is 4.19. The Labute approximate surface area is 139 Å². The third-order valence-corrected chi connectivity index (χ3v) is 3.77. The van der Waals surface area contributed by atoms with Crippen LogP contribution in [0.3, 0.4) is 0 Å². The van der Waals surface area contributed by atoms with Crippen LogP contribution in [0.15, 0.2) is 41.7 Å². The largest absolute Gasteiger partial charge is 0.507 e. The zero-order valence-corrected chi connectivity index (χ0v) is 14.9. The van der Waals surface area contributed by atoms with E-state index in [-0.39, 0.29) is 10.8 Å². The van der Waals surface area contributed by atoms with Gasteiger partial charge in [-0.1, -0.05) is 41.5 Å². The van der Waals surface area contributed by atoms with Crippen molar-refractivity contribution in [2.24, 2.45) is 4.99 Å². The summed E-state index contributed by atoms with van der Waals surface area (Å²) in [7, 11) is 0. The number of nitrogens with zero attached hydrogens (tertiary/aromatic N) is 2. The first kappa shape index (κ1) is 17.2. The number of hydrogen-bond acceptors (Lipinski definition) is 3. The van der Waals surface area contributed by atoms with Crippen LogP contribution in [0, 0.1) is 0 Å². The minimum absolute atomic E-state index is 0.134. The summed E-state index contributed by atoms with van der Waals surface area (Å²) in [5.74, 6) is 0.395. The first-order valence-corrected chi connectivity index (χ1v) is 7.91. The summed E-state index contributed by atoms with van der Waals surface area (Å²) in [5.41, 5.74) is 3.48. The molecule has 0 amide bonds. The van der Waals surface area contributed by atoms with Crippen LogP contribution in [0.5, 0.6) is 5.75 Å². The number of aliphatic imine (C=N–C) groups is 1. The van der Waals surface area contributed by atoms with Crippen LogP contribution in [0.4, 0.5) is 5.69 Å². The van der Waals surface area contributed by atoms with Gasteiger partial charge in [0.1, 0.15) is 5.75 Å². The Morgan fingerprint density at radius 2 is 1.39 bits per heavy atom. The molecule has 0 aliphatic carbocycles. The van der Waals surface area contributed by atoms with Gasteiger partial charge in [-0.3, -0.25) is 9.98 Å². The molecule has 3 nitrogen and oxygen atoms in total. The van der Waals surface area contributed by atoms with Crippen LogP contribution in [-0.2, 0) is 10.8 Å². The summed E-state index contributed by atoms with van der Waals surface area (Å²) in [6, 6.07) is 7.78. The van der Waals surface area contributed by atoms with E-state index in [1.807, 2.05) is 30.5 Å². The molecule has 0 saturated carbocycles.